The first-order chi connectivity index (χ1) is 30.5. The number of para-hydroxylation sites is 2. The fraction of sp³-hybridized carbons (Fsp3) is 0.138. The van der Waals surface area contributed by atoms with Gasteiger partial charge in [0.25, 0.3) is 0 Å². The van der Waals surface area contributed by atoms with Crippen LogP contribution in [0.25, 0.3) is 67.7 Å². The van der Waals surface area contributed by atoms with Crippen molar-refractivity contribution in [2.75, 3.05) is 9.80 Å². The number of rotatable bonds is 6. The molecule has 0 N–H and O–H groups in total. The lowest BCUT2D eigenvalue weighted by molar-refractivity contribution is 0.590. The minimum atomic E-state index is 0.0674. The second-order valence-corrected chi connectivity index (χ2v) is 21.1. The fourth-order valence-corrected chi connectivity index (χ4v) is 12.3. The van der Waals surface area contributed by atoms with Gasteiger partial charge in [-0.05, 0) is 118 Å². The van der Waals surface area contributed by atoms with Gasteiger partial charge < -0.3 is 9.80 Å². The standard InChI is InChI=1S/C58H47N3S2/c1-57(2,3)38-22-27-42(28-23-38)59(40-15-9-7-10-16-40)44-26-21-36-34-47-50(35-37(36)33-44)63-55-51(47)46-31-32-48(53-52-45-19-13-14-20-49(45)62-56(52)61(55)54(46)53)60(41-17-11-8-12-18-41)43-29-24-39(25-30-43)58(4,5)6/h7-35H,1-6H3. The maximum atomic E-state index is 2.61. The van der Waals surface area contributed by atoms with Crippen molar-refractivity contribution in [1.29, 1.82) is 0 Å². The summed E-state index contributed by atoms with van der Waals surface area (Å²) in [5.74, 6) is 0. The van der Waals surface area contributed by atoms with Crippen LogP contribution in [0.5, 0.6) is 0 Å². The molecule has 12 rings (SSSR count). The highest BCUT2D eigenvalue weighted by Crippen LogP contribution is 2.54. The number of hydrogen-bond donors (Lipinski definition) is 0. The zero-order valence-corrected chi connectivity index (χ0v) is 38.0. The van der Waals surface area contributed by atoms with Gasteiger partial charge in [0, 0.05) is 70.2 Å². The summed E-state index contributed by atoms with van der Waals surface area (Å²) in [5, 5.41) is 10.4. The number of hydrogen-bond acceptors (Lipinski definition) is 4. The van der Waals surface area contributed by atoms with Crippen LogP contribution >= 0.6 is 22.7 Å². The average molecular weight is 850 g/mol. The van der Waals surface area contributed by atoms with Gasteiger partial charge in [0.1, 0.15) is 9.66 Å². The van der Waals surface area contributed by atoms with E-state index in [0.29, 0.717) is 0 Å². The van der Waals surface area contributed by atoms with E-state index in [2.05, 4.69) is 232 Å². The van der Waals surface area contributed by atoms with Crippen molar-refractivity contribution in [3.8, 4) is 0 Å². The van der Waals surface area contributed by atoms with Gasteiger partial charge in [-0.25, -0.2) is 0 Å². The second-order valence-electron chi connectivity index (χ2n) is 19.1. The third-order valence-electron chi connectivity index (χ3n) is 13.0. The van der Waals surface area contributed by atoms with Gasteiger partial charge in [0.05, 0.1) is 11.2 Å². The molecule has 0 saturated carbocycles. The van der Waals surface area contributed by atoms with Crippen molar-refractivity contribution in [3.63, 3.8) is 0 Å². The van der Waals surface area contributed by atoms with Crippen LogP contribution in [0.1, 0.15) is 52.7 Å². The first kappa shape index (κ1) is 38.0. The predicted octanol–water partition coefficient (Wildman–Crippen LogP) is 18.0. The summed E-state index contributed by atoms with van der Waals surface area (Å²) in [6, 6.07) is 65.5. The lowest BCUT2D eigenvalue weighted by atomic mass is 9.87. The van der Waals surface area contributed by atoms with Gasteiger partial charge in [-0.1, -0.05) is 133 Å². The van der Waals surface area contributed by atoms with Crippen molar-refractivity contribution in [1.82, 2.24) is 4.40 Å². The van der Waals surface area contributed by atoms with Crippen LogP contribution in [-0.2, 0) is 10.8 Å². The third kappa shape index (κ3) is 5.97. The molecule has 4 heterocycles. The van der Waals surface area contributed by atoms with Crippen LogP contribution in [0.15, 0.2) is 176 Å². The first-order valence-electron chi connectivity index (χ1n) is 21.9. The summed E-state index contributed by atoms with van der Waals surface area (Å²) < 4.78 is 5.23. The molecule has 0 bridgehead atoms. The van der Waals surface area contributed by atoms with E-state index in [1.807, 2.05) is 22.7 Å². The summed E-state index contributed by atoms with van der Waals surface area (Å²) in [6.07, 6.45) is 0. The molecule has 0 fully saturated rings. The molecule has 0 amide bonds. The maximum Gasteiger partial charge on any atom is 0.110 e. The first-order valence-corrected chi connectivity index (χ1v) is 23.6. The smallest absolute Gasteiger partial charge is 0.110 e. The molecule has 12 aromatic rings. The number of benzene rings is 8. The highest BCUT2D eigenvalue weighted by atomic mass is 32.1. The SMILES string of the molecule is CC(C)(C)c1ccc(N(c2ccccc2)c2ccc3cc4c(cc3c2)sc2c4c3ccc(N(c4ccccc4)c4ccc(C(C)(C)C)cc4)c4c5c6ccccc6sc5n2c34)cc1. The summed E-state index contributed by atoms with van der Waals surface area (Å²) in [7, 11) is 0. The lowest BCUT2D eigenvalue weighted by Gasteiger charge is -2.27. The van der Waals surface area contributed by atoms with Crippen LogP contribution in [0, 0.1) is 0 Å². The number of nitrogens with zero attached hydrogens (tertiary/aromatic N) is 3. The van der Waals surface area contributed by atoms with E-state index in [4.69, 9.17) is 0 Å². The summed E-state index contributed by atoms with van der Waals surface area (Å²) in [4.78, 5) is 7.47. The molecule has 0 atom stereocenters. The van der Waals surface area contributed by atoms with Gasteiger partial charge in [0.2, 0.25) is 0 Å². The largest absolute Gasteiger partial charge is 0.310 e. The van der Waals surface area contributed by atoms with E-state index in [1.54, 1.807) is 0 Å². The predicted molar refractivity (Wildman–Crippen MR) is 276 cm³/mol. The third-order valence-corrected chi connectivity index (χ3v) is 15.3. The van der Waals surface area contributed by atoms with Crippen molar-refractivity contribution in [3.05, 3.63) is 187 Å². The van der Waals surface area contributed by atoms with Crippen molar-refractivity contribution >= 4 is 124 Å². The van der Waals surface area contributed by atoms with E-state index in [-0.39, 0.29) is 10.8 Å². The Morgan fingerprint density at radius 1 is 0.381 bits per heavy atom. The molecule has 3 nitrogen and oxygen atoms in total. The van der Waals surface area contributed by atoms with Crippen molar-refractivity contribution in [2.24, 2.45) is 0 Å². The topological polar surface area (TPSA) is 10.9 Å². The van der Waals surface area contributed by atoms with E-state index in [9.17, 15) is 0 Å². The van der Waals surface area contributed by atoms with E-state index in [0.717, 1.165) is 28.4 Å². The number of fused-ring (bicyclic) bond motifs is 11. The normalized spacial score (nSPS) is 12.6. The Bertz CT molecular complexity index is 3670. The molecule has 0 spiro atoms. The molecular weight excluding hydrogens is 803 g/mol. The molecule has 306 valence electrons. The van der Waals surface area contributed by atoms with Crippen molar-refractivity contribution in [2.45, 2.75) is 52.4 Å². The molecule has 0 radical (unpaired) electrons. The number of thiophene rings is 2. The highest BCUT2D eigenvalue weighted by molar-refractivity contribution is 7.27. The molecular formula is C58H47N3S2. The zero-order valence-electron chi connectivity index (χ0n) is 36.4. The summed E-state index contributed by atoms with van der Waals surface area (Å²) in [6.45, 7) is 13.7. The summed E-state index contributed by atoms with van der Waals surface area (Å²) >= 11 is 3.84. The summed E-state index contributed by atoms with van der Waals surface area (Å²) in [5.41, 5.74) is 11.1. The Morgan fingerprint density at radius 3 is 1.57 bits per heavy atom. The Labute approximate surface area is 376 Å². The molecule has 8 aromatic carbocycles. The van der Waals surface area contributed by atoms with Gasteiger partial charge in [-0.15, -0.1) is 22.7 Å². The number of anilines is 6. The molecule has 0 aliphatic heterocycles. The van der Waals surface area contributed by atoms with E-state index < -0.39 is 0 Å². The quantitative estimate of drug-likeness (QED) is 0.165. The minimum absolute atomic E-state index is 0.0674. The van der Waals surface area contributed by atoms with E-state index >= 15 is 0 Å². The number of aromatic nitrogens is 1. The maximum absolute atomic E-state index is 2.61. The van der Waals surface area contributed by atoms with Gasteiger partial charge in [-0.2, -0.15) is 0 Å². The van der Waals surface area contributed by atoms with Gasteiger partial charge in [0.15, 0.2) is 0 Å². The monoisotopic (exact) mass is 849 g/mol. The molecule has 63 heavy (non-hydrogen) atoms. The van der Waals surface area contributed by atoms with Gasteiger partial charge >= 0.3 is 0 Å². The molecule has 5 heteroatoms. The highest BCUT2D eigenvalue weighted by Gasteiger charge is 2.28. The van der Waals surface area contributed by atoms with Crippen molar-refractivity contribution < 1.29 is 0 Å². The van der Waals surface area contributed by atoms with Crippen LogP contribution in [0.2, 0.25) is 0 Å². The Kier molecular flexibility index (Phi) is 8.41. The molecule has 0 aliphatic rings. The average Bonchev–Trinajstić information content (AvgIpc) is 4.02. The molecule has 0 saturated heterocycles. The van der Waals surface area contributed by atoms with Crippen LogP contribution < -0.4 is 9.80 Å². The Hall–Kier alpha value is -6.66. The van der Waals surface area contributed by atoms with Gasteiger partial charge in [-0.3, -0.25) is 4.40 Å². The van der Waals surface area contributed by atoms with Crippen LogP contribution in [-0.4, -0.2) is 4.40 Å². The molecule has 4 aromatic heterocycles. The fourth-order valence-electron chi connectivity index (χ4n) is 9.80. The minimum Gasteiger partial charge on any atom is -0.310 e. The Morgan fingerprint density at radius 2 is 0.921 bits per heavy atom. The van der Waals surface area contributed by atoms with E-state index in [1.165, 1.54) is 84.5 Å². The molecule has 0 aliphatic carbocycles. The lowest BCUT2D eigenvalue weighted by Crippen LogP contribution is -2.13. The second kappa shape index (κ2) is 13.9. The molecule has 0 unspecified atom stereocenters. The van der Waals surface area contributed by atoms with Crippen LogP contribution in [0.4, 0.5) is 34.1 Å². The zero-order chi connectivity index (χ0) is 42.8. The Balaban J connectivity index is 1.08. The van der Waals surface area contributed by atoms with Crippen LogP contribution in [0.3, 0.4) is 0 Å².